The fraction of sp³-hybridized carbons (Fsp3) is 0.125. The molecule has 0 spiro atoms. The third kappa shape index (κ3) is 5.07. The normalized spacial score (nSPS) is 11.6. The molecule has 3 N–H and O–H groups in total. The second kappa shape index (κ2) is 7.73. The van der Waals surface area contributed by atoms with E-state index in [0.29, 0.717) is 4.47 Å². The maximum Gasteiger partial charge on any atom is 0.326 e. The van der Waals surface area contributed by atoms with E-state index in [2.05, 4.69) is 26.6 Å². The number of nitrogens with one attached hydrogen (secondary N) is 2. The zero-order valence-electron chi connectivity index (χ0n) is 11.9. The van der Waals surface area contributed by atoms with Gasteiger partial charge < -0.3 is 15.7 Å². The van der Waals surface area contributed by atoms with Crippen LogP contribution >= 0.6 is 15.9 Å². The van der Waals surface area contributed by atoms with E-state index in [1.807, 2.05) is 6.07 Å². The Bertz CT molecular complexity index is 710. The Hall–Kier alpha value is -2.41. The number of urea groups is 1. The average molecular weight is 381 g/mol. The van der Waals surface area contributed by atoms with Crippen LogP contribution in [0.5, 0.6) is 0 Å². The lowest BCUT2D eigenvalue weighted by Crippen LogP contribution is -2.44. The summed E-state index contributed by atoms with van der Waals surface area (Å²) in [5.74, 6) is -1.79. The highest BCUT2D eigenvalue weighted by Gasteiger charge is 2.20. The first-order valence-electron chi connectivity index (χ1n) is 6.75. The van der Waals surface area contributed by atoms with E-state index in [0.717, 1.165) is 5.56 Å². The Kier molecular flexibility index (Phi) is 5.70. The van der Waals surface area contributed by atoms with Crippen LogP contribution in [0.2, 0.25) is 0 Å². The van der Waals surface area contributed by atoms with Crippen molar-refractivity contribution < 1.29 is 19.1 Å². The van der Waals surface area contributed by atoms with Gasteiger partial charge in [0, 0.05) is 10.9 Å². The third-order valence-electron chi connectivity index (χ3n) is 3.07. The SMILES string of the molecule is O=C(Nc1ccc(Br)cc1F)NC(Cc1ccccc1)C(=O)O. The van der Waals surface area contributed by atoms with Gasteiger partial charge in [-0.25, -0.2) is 14.0 Å². The molecule has 0 aliphatic heterocycles. The van der Waals surface area contributed by atoms with Gasteiger partial charge in [0.15, 0.2) is 0 Å². The fourth-order valence-corrected chi connectivity index (χ4v) is 2.29. The molecule has 0 saturated heterocycles. The molecule has 1 unspecified atom stereocenters. The Balaban J connectivity index is 2.02. The van der Waals surface area contributed by atoms with Crippen molar-refractivity contribution >= 4 is 33.6 Å². The zero-order valence-corrected chi connectivity index (χ0v) is 13.5. The van der Waals surface area contributed by atoms with Crippen molar-refractivity contribution in [2.24, 2.45) is 0 Å². The van der Waals surface area contributed by atoms with Gasteiger partial charge in [-0.05, 0) is 23.8 Å². The smallest absolute Gasteiger partial charge is 0.326 e. The van der Waals surface area contributed by atoms with Crippen molar-refractivity contribution in [3.8, 4) is 0 Å². The van der Waals surface area contributed by atoms with Gasteiger partial charge in [0.2, 0.25) is 0 Å². The van der Waals surface area contributed by atoms with Crippen molar-refractivity contribution in [1.82, 2.24) is 5.32 Å². The molecule has 120 valence electrons. The number of anilines is 1. The number of carbonyl (C=O) groups is 2. The molecule has 2 rings (SSSR count). The number of benzene rings is 2. The third-order valence-corrected chi connectivity index (χ3v) is 3.56. The van der Waals surface area contributed by atoms with E-state index < -0.39 is 23.9 Å². The molecular formula is C16H14BrFN2O3. The molecule has 0 heterocycles. The average Bonchev–Trinajstić information content (AvgIpc) is 2.50. The minimum absolute atomic E-state index is 0.0328. The van der Waals surface area contributed by atoms with E-state index in [-0.39, 0.29) is 12.1 Å². The van der Waals surface area contributed by atoms with Crippen LogP contribution < -0.4 is 10.6 Å². The second-order valence-corrected chi connectivity index (χ2v) is 5.72. The lowest BCUT2D eigenvalue weighted by atomic mass is 10.1. The minimum Gasteiger partial charge on any atom is -0.480 e. The molecule has 1 atom stereocenters. The number of hydrogen-bond acceptors (Lipinski definition) is 2. The van der Waals surface area contributed by atoms with Crippen molar-refractivity contribution in [2.75, 3.05) is 5.32 Å². The van der Waals surface area contributed by atoms with Crippen molar-refractivity contribution in [3.05, 3.63) is 64.4 Å². The Morgan fingerprint density at radius 2 is 1.87 bits per heavy atom. The van der Waals surface area contributed by atoms with Gasteiger partial charge in [-0.2, -0.15) is 0 Å². The minimum atomic E-state index is -1.17. The maximum atomic E-state index is 13.7. The summed E-state index contributed by atoms with van der Waals surface area (Å²) in [6.45, 7) is 0. The molecule has 0 saturated carbocycles. The standard InChI is InChI=1S/C16H14BrFN2O3/c17-11-6-7-13(12(18)9-11)19-16(23)20-14(15(21)22)8-10-4-2-1-3-5-10/h1-7,9,14H,8H2,(H,21,22)(H2,19,20,23). The predicted molar refractivity (Wildman–Crippen MR) is 87.8 cm³/mol. The number of halogens is 2. The summed E-state index contributed by atoms with van der Waals surface area (Å²) in [7, 11) is 0. The van der Waals surface area contributed by atoms with Crippen LogP contribution in [0.4, 0.5) is 14.9 Å². The number of hydrogen-bond donors (Lipinski definition) is 3. The van der Waals surface area contributed by atoms with Crippen LogP contribution in [0, 0.1) is 5.82 Å². The summed E-state index contributed by atoms with van der Waals surface area (Å²) < 4.78 is 14.2. The monoisotopic (exact) mass is 380 g/mol. The number of aliphatic carboxylic acids is 1. The van der Waals surface area contributed by atoms with E-state index >= 15 is 0 Å². The second-order valence-electron chi connectivity index (χ2n) is 4.80. The molecule has 2 aromatic rings. The maximum absolute atomic E-state index is 13.7. The number of carboxylic acids is 1. The first-order valence-corrected chi connectivity index (χ1v) is 7.54. The van der Waals surface area contributed by atoms with Crippen molar-refractivity contribution in [1.29, 1.82) is 0 Å². The molecule has 2 aromatic carbocycles. The lowest BCUT2D eigenvalue weighted by molar-refractivity contribution is -0.139. The molecule has 0 fully saturated rings. The molecule has 23 heavy (non-hydrogen) atoms. The van der Waals surface area contributed by atoms with Gasteiger partial charge >= 0.3 is 12.0 Å². The van der Waals surface area contributed by atoms with Crippen LogP contribution in [0.15, 0.2) is 53.0 Å². The predicted octanol–water partition coefficient (Wildman–Crippen LogP) is 3.41. The highest BCUT2D eigenvalue weighted by atomic mass is 79.9. The number of rotatable bonds is 5. The van der Waals surface area contributed by atoms with Crippen LogP contribution in [0.3, 0.4) is 0 Å². The van der Waals surface area contributed by atoms with E-state index in [9.17, 15) is 19.1 Å². The van der Waals surface area contributed by atoms with Gasteiger partial charge in [-0.15, -0.1) is 0 Å². The lowest BCUT2D eigenvalue weighted by Gasteiger charge is -2.15. The van der Waals surface area contributed by atoms with Crippen molar-refractivity contribution in [3.63, 3.8) is 0 Å². The summed E-state index contributed by atoms with van der Waals surface area (Å²) in [5, 5.41) is 13.8. The van der Waals surface area contributed by atoms with E-state index in [1.165, 1.54) is 12.1 Å². The molecule has 0 bridgehead atoms. The zero-order chi connectivity index (χ0) is 16.8. The molecule has 0 aliphatic carbocycles. The van der Waals surface area contributed by atoms with Crippen LogP contribution in [0.1, 0.15) is 5.56 Å². The largest absolute Gasteiger partial charge is 0.480 e. The summed E-state index contributed by atoms with van der Waals surface area (Å²) >= 11 is 3.11. The first-order chi connectivity index (χ1) is 11.0. The van der Waals surface area contributed by atoms with E-state index in [4.69, 9.17) is 0 Å². The molecule has 5 nitrogen and oxygen atoms in total. The highest BCUT2D eigenvalue weighted by molar-refractivity contribution is 9.10. The molecule has 2 amide bonds. The number of carbonyl (C=O) groups excluding carboxylic acids is 1. The Morgan fingerprint density at radius 1 is 1.17 bits per heavy atom. The van der Waals surface area contributed by atoms with E-state index in [1.54, 1.807) is 30.3 Å². The van der Waals surface area contributed by atoms with Crippen LogP contribution in [-0.4, -0.2) is 23.1 Å². The molecule has 7 heteroatoms. The van der Waals surface area contributed by atoms with Gasteiger partial charge in [-0.3, -0.25) is 0 Å². The van der Waals surface area contributed by atoms with Gasteiger partial charge in [0.25, 0.3) is 0 Å². The van der Waals surface area contributed by atoms with Crippen molar-refractivity contribution in [2.45, 2.75) is 12.5 Å². The summed E-state index contributed by atoms with van der Waals surface area (Å²) in [6.07, 6.45) is 0.131. The fourth-order valence-electron chi connectivity index (χ4n) is 1.96. The van der Waals surface area contributed by atoms with Gasteiger partial charge in [-0.1, -0.05) is 46.3 Å². The summed E-state index contributed by atoms with van der Waals surface area (Å²) in [5.41, 5.74) is 0.740. The Morgan fingerprint density at radius 3 is 2.48 bits per heavy atom. The van der Waals surface area contributed by atoms with Gasteiger partial charge in [0.1, 0.15) is 11.9 Å². The highest BCUT2D eigenvalue weighted by Crippen LogP contribution is 2.19. The van der Waals surface area contributed by atoms with Crippen LogP contribution in [0.25, 0.3) is 0 Å². The van der Waals surface area contributed by atoms with Gasteiger partial charge in [0.05, 0.1) is 5.69 Å². The molecule has 0 aliphatic rings. The number of carboxylic acid groups (broad SMARTS) is 1. The topological polar surface area (TPSA) is 78.4 Å². The number of amides is 2. The molecule has 0 radical (unpaired) electrons. The molecular weight excluding hydrogens is 367 g/mol. The Labute approximate surface area is 140 Å². The summed E-state index contributed by atoms with van der Waals surface area (Å²) in [6, 6.07) is 11.2. The molecule has 0 aromatic heterocycles. The van der Waals surface area contributed by atoms with Crippen LogP contribution in [-0.2, 0) is 11.2 Å². The first kappa shape index (κ1) is 17.0. The quantitative estimate of drug-likeness (QED) is 0.743. The summed E-state index contributed by atoms with van der Waals surface area (Å²) in [4.78, 5) is 23.2.